The van der Waals surface area contributed by atoms with Gasteiger partial charge in [0.1, 0.15) is 0 Å². The summed E-state index contributed by atoms with van der Waals surface area (Å²) in [6.45, 7) is 2.78. The smallest absolute Gasteiger partial charge is 0.269 e. The average molecular weight is 402 g/mol. The molecule has 1 fully saturated rings. The first-order valence-corrected chi connectivity index (χ1v) is 10.2. The molecule has 0 atom stereocenters. The zero-order valence-electron chi connectivity index (χ0n) is 13.2. The first-order valence-electron chi connectivity index (χ1n) is 7.57. The topological polar surface area (TPSA) is 83.8 Å². The minimum absolute atomic E-state index is 0.0802. The Morgan fingerprint density at radius 3 is 2.24 bits per heavy atom. The van der Waals surface area contributed by atoms with Crippen LogP contribution < -0.4 is 0 Å². The number of sulfonamides is 1. The molecule has 2 aromatic rings. The lowest BCUT2D eigenvalue weighted by atomic mass is 10.3. The molecule has 0 bridgehead atoms. The third kappa shape index (κ3) is 4.18. The van der Waals surface area contributed by atoms with Gasteiger partial charge in [0, 0.05) is 49.7 Å². The van der Waals surface area contributed by atoms with Crippen molar-refractivity contribution in [2.75, 3.05) is 26.2 Å². The van der Waals surface area contributed by atoms with Gasteiger partial charge in [0.2, 0.25) is 10.0 Å². The van der Waals surface area contributed by atoms with Crippen LogP contribution in [0.2, 0.25) is 4.34 Å². The molecule has 0 N–H and O–H groups in total. The second kappa shape index (κ2) is 7.38. The second-order valence-corrected chi connectivity index (χ2v) is 9.37. The van der Waals surface area contributed by atoms with Crippen molar-refractivity contribution in [3.8, 4) is 0 Å². The summed E-state index contributed by atoms with van der Waals surface area (Å²) in [5.74, 6) is 0. The normalized spacial score (nSPS) is 16.8. The Morgan fingerprint density at radius 2 is 1.72 bits per heavy atom. The van der Waals surface area contributed by atoms with E-state index >= 15 is 0 Å². The van der Waals surface area contributed by atoms with E-state index in [-0.39, 0.29) is 10.6 Å². The average Bonchev–Trinajstić information content (AvgIpc) is 3.00. The number of nitro groups is 1. The molecule has 0 spiro atoms. The number of non-ortho nitro benzene ring substituents is 1. The van der Waals surface area contributed by atoms with Gasteiger partial charge in [0.05, 0.1) is 14.2 Å². The summed E-state index contributed by atoms with van der Waals surface area (Å²) in [5, 5.41) is 10.7. The molecule has 134 valence electrons. The fourth-order valence-corrected chi connectivity index (χ4v) is 5.23. The minimum atomic E-state index is -3.63. The van der Waals surface area contributed by atoms with Crippen molar-refractivity contribution in [3.05, 3.63) is 55.7 Å². The van der Waals surface area contributed by atoms with Gasteiger partial charge in [0.15, 0.2) is 0 Å². The van der Waals surface area contributed by atoms with Gasteiger partial charge in [-0.25, -0.2) is 8.42 Å². The Kier molecular flexibility index (Phi) is 5.40. The Hall–Kier alpha value is -1.52. The SMILES string of the molecule is O=[N+]([O-])c1ccc(S(=O)(=O)N2CCN(Cc3ccc(Cl)s3)CC2)cc1. The number of halogens is 1. The van der Waals surface area contributed by atoms with Gasteiger partial charge in [-0.1, -0.05) is 11.6 Å². The van der Waals surface area contributed by atoms with Gasteiger partial charge < -0.3 is 0 Å². The van der Waals surface area contributed by atoms with Gasteiger partial charge in [0.25, 0.3) is 5.69 Å². The summed E-state index contributed by atoms with van der Waals surface area (Å²) in [4.78, 5) is 13.5. The molecule has 1 saturated heterocycles. The van der Waals surface area contributed by atoms with Crippen LogP contribution >= 0.6 is 22.9 Å². The lowest BCUT2D eigenvalue weighted by Crippen LogP contribution is -2.48. The van der Waals surface area contributed by atoms with Crippen LogP contribution in [0.15, 0.2) is 41.3 Å². The molecule has 10 heteroatoms. The van der Waals surface area contributed by atoms with Crippen molar-refractivity contribution in [1.82, 2.24) is 9.21 Å². The van der Waals surface area contributed by atoms with E-state index in [1.54, 1.807) is 0 Å². The van der Waals surface area contributed by atoms with Gasteiger partial charge in [-0.2, -0.15) is 4.31 Å². The van der Waals surface area contributed by atoms with E-state index in [2.05, 4.69) is 4.90 Å². The van der Waals surface area contributed by atoms with Crippen LogP contribution in [0.3, 0.4) is 0 Å². The maximum atomic E-state index is 12.7. The second-order valence-electron chi connectivity index (χ2n) is 5.64. The Balaban J connectivity index is 1.63. The zero-order valence-corrected chi connectivity index (χ0v) is 15.6. The van der Waals surface area contributed by atoms with E-state index in [1.807, 2.05) is 12.1 Å². The molecule has 3 rings (SSSR count). The van der Waals surface area contributed by atoms with Gasteiger partial charge in [-0.3, -0.25) is 15.0 Å². The van der Waals surface area contributed by atoms with E-state index in [9.17, 15) is 18.5 Å². The maximum Gasteiger partial charge on any atom is 0.269 e. The molecule has 7 nitrogen and oxygen atoms in total. The molecule has 1 aliphatic heterocycles. The van der Waals surface area contributed by atoms with Gasteiger partial charge in [-0.05, 0) is 24.3 Å². The lowest BCUT2D eigenvalue weighted by Gasteiger charge is -2.33. The molecule has 1 aliphatic rings. The summed E-state index contributed by atoms with van der Waals surface area (Å²) >= 11 is 7.46. The van der Waals surface area contributed by atoms with E-state index in [1.165, 1.54) is 39.9 Å². The van der Waals surface area contributed by atoms with Crippen molar-refractivity contribution in [1.29, 1.82) is 0 Å². The molecule has 2 heterocycles. The maximum absolute atomic E-state index is 12.7. The Morgan fingerprint density at radius 1 is 1.08 bits per heavy atom. The van der Waals surface area contributed by atoms with Crippen molar-refractivity contribution < 1.29 is 13.3 Å². The number of hydrogen-bond acceptors (Lipinski definition) is 6. The Bertz CT molecular complexity index is 859. The summed E-state index contributed by atoms with van der Waals surface area (Å²) in [7, 11) is -3.63. The number of hydrogen-bond donors (Lipinski definition) is 0. The van der Waals surface area contributed by atoms with Crippen molar-refractivity contribution in [2.45, 2.75) is 11.4 Å². The van der Waals surface area contributed by atoms with Crippen LogP contribution in [0.5, 0.6) is 0 Å². The fourth-order valence-electron chi connectivity index (χ4n) is 2.67. The highest BCUT2D eigenvalue weighted by Gasteiger charge is 2.28. The Labute approximate surface area is 154 Å². The van der Waals surface area contributed by atoms with Crippen molar-refractivity contribution >= 4 is 38.6 Å². The standard InChI is InChI=1S/C15H16ClN3O4S2/c16-15-6-3-13(24-15)11-17-7-9-18(10-8-17)25(22,23)14-4-1-12(2-5-14)19(20)21/h1-6H,7-11H2. The monoisotopic (exact) mass is 401 g/mol. The first-order chi connectivity index (χ1) is 11.9. The molecular weight excluding hydrogens is 386 g/mol. The number of benzene rings is 1. The van der Waals surface area contributed by atoms with Crippen LogP contribution in [-0.2, 0) is 16.6 Å². The van der Waals surface area contributed by atoms with E-state index in [0.29, 0.717) is 26.2 Å². The minimum Gasteiger partial charge on any atom is -0.296 e. The molecule has 0 aliphatic carbocycles. The van der Waals surface area contributed by atoms with E-state index in [0.717, 1.165) is 15.8 Å². The molecule has 1 aromatic heterocycles. The number of nitro benzene ring substituents is 1. The first kappa shape index (κ1) is 18.3. The highest BCUT2D eigenvalue weighted by molar-refractivity contribution is 7.89. The third-order valence-corrected chi connectivity index (χ3v) is 7.15. The molecular formula is C15H16ClN3O4S2. The largest absolute Gasteiger partial charge is 0.296 e. The molecule has 0 radical (unpaired) electrons. The number of piperazine rings is 1. The lowest BCUT2D eigenvalue weighted by molar-refractivity contribution is -0.384. The van der Waals surface area contributed by atoms with Crippen LogP contribution in [0.4, 0.5) is 5.69 Å². The summed E-state index contributed by atoms with van der Waals surface area (Å²) in [6.07, 6.45) is 0. The quantitative estimate of drug-likeness (QED) is 0.568. The third-order valence-electron chi connectivity index (χ3n) is 4.02. The van der Waals surface area contributed by atoms with Crippen LogP contribution in [-0.4, -0.2) is 48.7 Å². The van der Waals surface area contributed by atoms with Crippen molar-refractivity contribution in [3.63, 3.8) is 0 Å². The highest BCUT2D eigenvalue weighted by Crippen LogP contribution is 2.24. The van der Waals surface area contributed by atoms with Gasteiger partial charge >= 0.3 is 0 Å². The van der Waals surface area contributed by atoms with E-state index < -0.39 is 14.9 Å². The molecule has 0 saturated carbocycles. The fraction of sp³-hybridized carbons (Fsp3) is 0.333. The van der Waals surface area contributed by atoms with E-state index in [4.69, 9.17) is 11.6 Å². The molecule has 25 heavy (non-hydrogen) atoms. The number of nitrogens with zero attached hydrogens (tertiary/aromatic N) is 3. The number of thiophene rings is 1. The van der Waals surface area contributed by atoms with Gasteiger partial charge in [-0.15, -0.1) is 11.3 Å². The summed E-state index contributed by atoms with van der Waals surface area (Å²) < 4.78 is 27.5. The predicted octanol–water partition coefficient (Wildman–Crippen LogP) is 2.82. The summed E-state index contributed by atoms with van der Waals surface area (Å²) in [5.41, 5.74) is -0.127. The molecule has 0 amide bonds. The number of rotatable bonds is 5. The molecule has 0 unspecified atom stereocenters. The highest BCUT2D eigenvalue weighted by atomic mass is 35.5. The molecule has 1 aromatic carbocycles. The zero-order chi connectivity index (χ0) is 18.0. The van der Waals surface area contributed by atoms with Crippen molar-refractivity contribution in [2.24, 2.45) is 0 Å². The van der Waals surface area contributed by atoms with Crippen LogP contribution in [0, 0.1) is 10.1 Å². The predicted molar refractivity (Wildman–Crippen MR) is 96.5 cm³/mol. The van der Waals surface area contributed by atoms with Crippen LogP contribution in [0.1, 0.15) is 4.88 Å². The van der Waals surface area contributed by atoms with Crippen LogP contribution in [0.25, 0.3) is 0 Å². The summed E-state index contributed by atoms with van der Waals surface area (Å²) in [6, 6.07) is 8.83.